The summed E-state index contributed by atoms with van der Waals surface area (Å²) in [6, 6.07) is 8.13. The molecule has 1 aliphatic heterocycles. The molecule has 1 aliphatic rings. The van der Waals surface area contributed by atoms with Gasteiger partial charge in [0.05, 0.1) is 22.2 Å². The number of hydrogen-bond donors (Lipinski definition) is 1. The fourth-order valence-electron chi connectivity index (χ4n) is 4.41. The van der Waals surface area contributed by atoms with Gasteiger partial charge < -0.3 is 15.1 Å². The minimum absolute atomic E-state index is 0.0460. The third kappa shape index (κ3) is 7.32. The van der Waals surface area contributed by atoms with E-state index in [1.807, 2.05) is 37.0 Å². The van der Waals surface area contributed by atoms with E-state index in [2.05, 4.69) is 5.32 Å². The molecule has 0 saturated carbocycles. The largest absolute Gasteiger partial charge is 0.419 e. The predicted molar refractivity (Wildman–Crippen MR) is 134 cm³/mol. The maximum absolute atomic E-state index is 14.1. The summed E-state index contributed by atoms with van der Waals surface area (Å²) in [5.74, 6) is -1.47. The van der Waals surface area contributed by atoms with Crippen molar-refractivity contribution in [3.05, 3.63) is 69.0 Å². The topological polar surface area (TPSA) is 38.8 Å². The van der Waals surface area contributed by atoms with Crippen LogP contribution in [0.1, 0.15) is 22.6 Å². The Bertz CT molecular complexity index is 1070. The standard InChI is InChI=1S/C25H30Cl2F4N4O/c1-33(2)9-8-32-12-24(36)35-14-18(17-5-7-20(26)21(27)11-17)23(15-35)34(3)13-16-4-6-19(22(28)10-16)25(29,30)31/h4-7,10-11,18,23,32H,8-9,12-15H2,1-3H3/t18-,23+/m1/s1. The van der Waals surface area contributed by atoms with Crippen molar-refractivity contribution >= 4 is 29.1 Å². The number of rotatable bonds is 9. The number of benzene rings is 2. The number of likely N-dealkylation sites (N-methyl/N-ethyl adjacent to an activating group) is 2. The second-order valence-corrected chi connectivity index (χ2v) is 10.2. The Balaban J connectivity index is 1.77. The highest BCUT2D eigenvalue weighted by molar-refractivity contribution is 6.42. The van der Waals surface area contributed by atoms with Crippen molar-refractivity contribution < 1.29 is 22.4 Å². The van der Waals surface area contributed by atoms with Crippen LogP contribution in [0.4, 0.5) is 17.6 Å². The zero-order valence-electron chi connectivity index (χ0n) is 20.4. The molecule has 1 N–H and O–H groups in total. The molecule has 11 heteroatoms. The lowest BCUT2D eigenvalue weighted by molar-refractivity contribution is -0.140. The van der Waals surface area contributed by atoms with E-state index in [0.29, 0.717) is 35.2 Å². The molecule has 198 valence electrons. The van der Waals surface area contributed by atoms with Gasteiger partial charge in [0, 0.05) is 44.7 Å². The molecule has 0 radical (unpaired) electrons. The van der Waals surface area contributed by atoms with Crippen LogP contribution in [0, 0.1) is 5.82 Å². The number of amides is 1. The lowest BCUT2D eigenvalue weighted by atomic mass is 9.93. The summed E-state index contributed by atoms with van der Waals surface area (Å²) < 4.78 is 53.0. The summed E-state index contributed by atoms with van der Waals surface area (Å²) in [6.07, 6.45) is -4.75. The number of carbonyl (C=O) groups is 1. The minimum atomic E-state index is -4.75. The van der Waals surface area contributed by atoms with Gasteiger partial charge in [0.25, 0.3) is 0 Å². The number of carbonyl (C=O) groups excluding carboxylic acids is 1. The monoisotopic (exact) mass is 548 g/mol. The van der Waals surface area contributed by atoms with Gasteiger partial charge in [-0.3, -0.25) is 9.69 Å². The molecule has 5 nitrogen and oxygen atoms in total. The van der Waals surface area contributed by atoms with Crippen molar-refractivity contribution in [2.75, 3.05) is 53.9 Å². The number of halogens is 6. The number of hydrogen-bond acceptors (Lipinski definition) is 4. The summed E-state index contributed by atoms with van der Waals surface area (Å²) in [5, 5.41) is 3.97. The lowest BCUT2D eigenvalue weighted by Crippen LogP contribution is -2.41. The van der Waals surface area contributed by atoms with Crippen LogP contribution in [-0.4, -0.2) is 80.5 Å². The molecule has 1 heterocycles. The fraction of sp³-hybridized carbons (Fsp3) is 0.480. The molecule has 1 fully saturated rings. The Kier molecular flexibility index (Phi) is 9.62. The molecule has 1 saturated heterocycles. The predicted octanol–water partition coefficient (Wildman–Crippen LogP) is 4.73. The van der Waals surface area contributed by atoms with E-state index in [9.17, 15) is 22.4 Å². The van der Waals surface area contributed by atoms with Crippen molar-refractivity contribution in [2.45, 2.75) is 24.7 Å². The first-order valence-electron chi connectivity index (χ1n) is 11.5. The van der Waals surface area contributed by atoms with E-state index in [4.69, 9.17) is 23.2 Å². The molecule has 1 amide bonds. The van der Waals surface area contributed by atoms with E-state index in [0.717, 1.165) is 24.2 Å². The molecule has 2 aromatic carbocycles. The van der Waals surface area contributed by atoms with Crippen molar-refractivity contribution in [3.63, 3.8) is 0 Å². The third-order valence-electron chi connectivity index (χ3n) is 6.36. The Morgan fingerprint density at radius 1 is 1.08 bits per heavy atom. The second kappa shape index (κ2) is 12.1. The number of alkyl halides is 3. The Labute approximate surface area is 218 Å². The van der Waals surface area contributed by atoms with Crippen LogP contribution in [-0.2, 0) is 17.5 Å². The molecule has 0 aromatic heterocycles. The summed E-state index contributed by atoms with van der Waals surface area (Å²) >= 11 is 12.3. The molecule has 0 aliphatic carbocycles. The molecule has 2 atom stereocenters. The van der Waals surface area contributed by atoms with Crippen LogP contribution in [0.5, 0.6) is 0 Å². The van der Waals surface area contributed by atoms with E-state index in [-0.39, 0.29) is 31.0 Å². The van der Waals surface area contributed by atoms with Crippen molar-refractivity contribution in [1.29, 1.82) is 0 Å². The molecular formula is C25H30Cl2F4N4O. The summed E-state index contributed by atoms with van der Waals surface area (Å²) in [6.45, 7) is 2.74. The van der Waals surface area contributed by atoms with Gasteiger partial charge in [-0.2, -0.15) is 13.2 Å². The average molecular weight is 549 g/mol. The van der Waals surface area contributed by atoms with Crippen LogP contribution >= 0.6 is 23.2 Å². The van der Waals surface area contributed by atoms with E-state index < -0.39 is 17.6 Å². The van der Waals surface area contributed by atoms with E-state index in [1.165, 1.54) is 6.07 Å². The summed E-state index contributed by atoms with van der Waals surface area (Å²) in [7, 11) is 5.72. The highest BCUT2D eigenvalue weighted by Crippen LogP contribution is 2.35. The first-order chi connectivity index (χ1) is 16.9. The first kappa shape index (κ1) is 28.7. The summed E-state index contributed by atoms with van der Waals surface area (Å²) in [5.41, 5.74) is 0.0173. The van der Waals surface area contributed by atoms with Crippen LogP contribution in [0.2, 0.25) is 10.0 Å². The molecular weight excluding hydrogens is 519 g/mol. The number of nitrogens with one attached hydrogen (secondary N) is 1. The average Bonchev–Trinajstić information content (AvgIpc) is 3.23. The van der Waals surface area contributed by atoms with Gasteiger partial charge in [-0.15, -0.1) is 0 Å². The van der Waals surface area contributed by atoms with Gasteiger partial charge in [0.1, 0.15) is 5.82 Å². The summed E-state index contributed by atoms with van der Waals surface area (Å²) in [4.78, 5) is 18.6. The smallest absolute Gasteiger partial charge is 0.339 e. The molecule has 36 heavy (non-hydrogen) atoms. The van der Waals surface area contributed by atoms with Crippen LogP contribution in [0.15, 0.2) is 36.4 Å². The molecule has 3 rings (SSSR count). The van der Waals surface area contributed by atoms with Crippen LogP contribution in [0.25, 0.3) is 0 Å². The minimum Gasteiger partial charge on any atom is -0.339 e. The molecule has 0 spiro atoms. The van der Waals surface area contributed by atoms with Gasteiger partial charge in [-0.25, -0.2) is 4.39 Å². The quantitative estimate of drug-likeness (QED) is 0.363. The van der Waals surface area contributed by atoms with Gasteiger partial charge in [-0.1, -0.05) is 35.3 Å². The van der Waals surface area contributed by atoms with Crippen molar-refractivity contribution in [2.24, 2.45) is 0 Å². The van der Waals surface area contributed by atoms with Gasteiger partial charge in [0.15, 0.2) is 0 Å². The fourth-order valence-corrected chi connectivity index (χ4v) is 4.72. The van der Waals surface area contributed by atoms with Gasteiger partial charge in [0.2, 0.25) is 5.91 Å². The highest BCUT2D eigenvalue weighted by Gasteiger charge is 2.39. The molecule has 0 unspecified atom stereocenters. The third-order valence-corrected chi connectivity index (χ3v) is 7.10. The first-order valence-corrected chi connectivity index (χ1v) is 12.3. The zero-order chi connectivity index (χ0) is 26.6. The SMILES string of the molecule is CN(C)CCNCC(=O)N1C[C@H](c2ccc(Cl)c(Cl)c2)[C@@H](N(C)Cc2ccc(C(F)(F)F)c(F)c2)C1. The molecule has 0 bridgehead atoms. The highest BCUT2D eigenvalue weighted by atomic mass is 35.5. The van der Waals surface area contributed by atoms with Gasteiger partial charge in [-0.05, 0) is 56.5 Å². The maximum Gasteiger partial charge on any atom is 0.419 e. The van der Waals surface area contributed by atoms with Crippen molar-refractivity contribution in [1.82, 2.24) is 20.0 Å². The Hall–Kier alpha value is -1.91. The van der Waals surface area contributed by atoms with E-state index >= 15 is 0 Å². The number of likely N-dealkylation sites (tertiary alicyclic amines) is 1. The van der Waals surface area contributed by atoms with E-state index in [1.54, 1.807) is 17.0 Å². The van der Waals surface area contributed by atoms with Gasteiger partial charge >= 0.3 is 6.18 Å². The van der Waals surface area contributed by atoms with Crippen LogP contribution < -0.4 is 5.32 Å². The Morgan fingerprint density at radius 3 is 2.42 bits per heavy atom. The molecule has 2 aromatic rings. The zero-order valence-corrected chi connectivity index (χ0v) is 21.9. The lowest BCUT2D eigenvalue weighted by Gasteiger charge is -2.29. The number of nitrogens with zero attached hydrogens (tertiary/aromatic N) is 3. The second-order valence-electron chi connectivity index (χ2n) is 9.35. The normalized spacial score (nSPS) is 18.5. The van der Waals surface area contributed by atoms with Crippen molar-refractivity contribution in [3.8, 4) is 0 Å². The van der Waals surface area contributed by atoms with Crippen LogP contribution in [0.3, 0.4) is 0 Å². The Morgan fingerprint density at radius 2 is 1.81 bits per heavy atom. The maximum atomic E-state index is 14.1.